The molecule has 25 heavy (non-hydrogen) atoms. The van der Waals surface area contributed by atoms with Crippen molar-refractivity contribution in [2.24, 2.45) is 5.92 Å². The van der Waals surface area contributed by atoms with Crippen LogP contribution in [0.4, 0.5) is 0 Å². The standard InChI is InChI=1S/C21H29NO2.ClH/c1-16(2)21(20(23)24,14-7-8-15-22(3)4)19-13-9-11-17-10-5-6-12-18(17)19;/h5-6,9-13,16H,7-8,14-15H2,1-4H3,(H,23,24);1H. The molecule has 2 aromatic carbocycles. The lowest BCUT2D eigenvalue weighted by Crippen LogP contribution is -2.41. The molecule has 1 N–H and O–H groups in total. The van der Waals surface area contributed by atoms with Crippen molar-refractivity contribution in [1.29, 1.82) is 0 Å². The van der Waals surface area contributed by atoms with Gasteiger partial charge >= 0.3 is 5.97 Å². The zero-order valence-electron chi connectivity index (χ0n) is 15.7. The van der Waals surface area contributed by atoms with E-state index in [2.05, 4.69) is 31.1 Å². The summed E-state index contributed by atoms with van der Waals surface area (Å²) in [7, 11) is 4.11. The number of carboxylic acids is 1. The van der Waals surface area contributed by atoms with Gasteiger partial charge in [0.25, 0.3) is 0 Å². The van der Waals surface area contributed by atoms with Gasteiger partial charge in [-0.2, -0.15) is 0 Å². The third kappa shape index (κ3) is 4.53. The van der Waals surface area contributed by atoms with Crippen LogP contribution in [0.25, 0.3) is 10.8 Å². The summed E-state index contributed by atoms with van der Waals surface area (Å²) in [6.07, 6.45) is 2.59. The Balaban J connectivity index is 0.00000312. The van der Waals surface area contributed by atoms with Gasteiger partial charge in [-0.15, -0.1) is 12.4 Å². The normalized spacial score (nSPS) is 13.7. The summed E-state index contributed by atoms with van der Waals surface area (Å²) >= 11 is 0. The van der Waals surface area contributed by atoms with E-state index in [1.54, 1.807) is 0 Å². The van der Waals surface area contributed by atoms with E-state index in [1.165, 1.54) is 0 Å². The highest BCUT2D eigenvalue weighted by Crippen LogP contribution is 2.41. The van der Waals surface area contributed by atoms with Crippen LogP contribution in [0, 0.1) is 5.92 Å². The second-order valence-electron chi connectivity index (χ2n) is 7.22. The minimum absolute atomic E-state index is 0. The Bertz CT molecular complexity index is 694. The number of hydrogen-bond donors (Lipinski definition) is 1. The van der Waals surface area contributed by atoms with Crippen molar-refractivity contribution in [3.05, 3.63) is 48.0 Å². The van der Waals surface area contributed by atoms with E-state index in [0.29, 0.717) is 6.42 Å². The Kier molecular flexibility index (Phi) is 7.91. The molecule has 0 spiro atoms. The molecule has 1 unspecified atom stereocenters. The van der Waals surface area contributed by atoms with Gasteiger partial charge in [0, 0.05) is 0 Å². The molecule has 4 heteroatoms. The topological polar surface area (TPSA) is 40.5 Å². The molecule has 0 heterocycles. The van der Waals surface area contributed by atoms with Gasteiger partial charge in [0.05, 0.1) is 5.41 Å². The van der Waals surface area contributed by atoms with Gasteiger partial charge in [0.15, 0.2) is 0 Å². The van der Waals surface area contributed by atoms with Crippen LogP contribution in [0.1, 0.15) is 38.7 Å². The molecule has 0 saturated carbocycles. The fraction of sp³-hybridized carbons (Fsp3) is 0.476. The lowest BCUT2D eigenvalue weighted by Gasteiger charge is -2.35. The molecule has 0 fully saturated rings. The van der Waals surface area contributed by atoms with Crippen molar-refractivity contribution in [1.82, 2.24) is 4.90 Å². The Labute approximate surface area is 157 Å². The first-order valence-electron chi connectivity index (χ1n) is 8.76. The molecule has 0 amide bonds. The summed E-state index contributed by atoms with van der Waals surface area (Å²) in [5, 5.41) is 12.4. The lowest BCUT2D eigenvalue weighted by molar-refractivity contribution is -0.146. The second-order valence-corrected chi connectivity index (χ2v) is 7.22. The summed E-state index contributed by atoms with van der Waals surface area (Å²) in [5.74, 6) is -0.682. The number of unbranched alkanes of at least 4 members (excludes halogenated alkanes) is 1. The average Bonchev–Trinajstić information content (AvgIpc) is 2.54. The van der Waals surface area contributed by atoms with Crippen LogP contribution in [0.2, 0.25) is 0 Å². The molecule has 2 rings (SSSR count). The smallest absolute Gasteiger partial charge is 0.314 e. The fourth-order valence-corrected chi connectivity index (χ4v) is 3.65. The van der Waals surface area contributed by atoms with Gasteiger partial charge < -0.3 is 10.0 Å². The molecule has 0 bridgehead atoms. The minimum Gasteiger partial charge on any atom is -0.481 e. The maximum Gasteiger partial charge on any atom is 0.314 e. The molecule has 3 nitrogen and oxygen atoms in total. The maximum absolute atomic E-state index is 12.4. The number of nitrogens with zero attached hydrogens (tertiary/aromatic N) is 1. The Morgan fingerprint density at radius 3 is 2.32 bits per heavy atom. The number of hydrogen-bond acceptors (Lipinski definition) is 2. The van der Waals surface area contributed by atoms with E-state index in [-0.39, 0.29) is 18.3 Å². The van der Waals surface area contributed by atoms with Crippen molar-refractivity contribution in [3.63, 3.8) is 0 Å². The molecule has 0 radical (unpaired) electrons. The van der Waals surface area contributed by atoms with E-state index in [4.69, 9.17) is 0 Å². The molecule has 0 aliphatic heterocycles. The predicted octanol–water partition coefficient (Wildman–Crippen LogP) is 4.97. The molecule has 0 aromatic heterocycles. The molecule has 0 saturated heterocycles. The number of rotatable bonds is 8. The molecule has 1 atom stereocenters. The van der Waals surface area contributed by atoms with E-state index < -0.39 is 11.4 Å². The van der Waals surface area contributed by atoms with Crippen molar-refractivity contribution >= 4 is 29.1 Å². The first-order chi connectivity index (χ1) is 11.4. The highest BCUT2D eigenvalue weighted by atomic mass is 35.5. The van der Waals surface area contributed by atoms with Gasteiger partial charge in [-0.3, -0.25) is 4.79 Å². The number of carbonyl (C=O) groups is 1. The molecule has 0 aliphatic carbocycles. The number of benzene rings is 2. The van der Waals surface area contributed by atoms with E-state index in [0.717, 1.165) is 35.7 Å². The van der Waals surface area contributed by atoms with Crippen LogP contribution in [-0.4, -0.2) is 36.6 Å². The van der Waals surface area contributed by atoms with E-state index >= 15 is 0 Å². The van der Waals surface area contributed by atoms with Gasteiger partial charge in [0.1, 0.15) is 0 Å². The molecule has 0 aliphatic rings. The molecule has 2 aromatic rings. The van der Waals surface area contributed by atoms with Crippen molar-refractivity contribution in [3.8, 4) is 0 Å². The van der Waals surface area contributed by atoms with Crippen molar-refractivity contribution in [2.75, 3.05) is 20.6 Å². The predicted molar refractivity (Wildman–Crippen MR) is 108 cm³/mol. The summed E-state index contributed by atoms with van der Waals surface area (Å²) in [6.45, 7) is 5.05. The van der Waals surface area contributed by atoms with Crippen LogP contribution < -0.4 is 0 Å². The molecular formula is C21H30ClNO2. The van der Waals surface area contributed by atoms with Gasteiger partial charge in [0.2, 0.25) is 0 Å². The highest BCUT2D eigenvalue weighted by Gasteiger charge is 2.43. The zero-order chi connectivity index (χ0) is 17.7. The quantitative estimate of drug-likeness (QED) is 0.673. The zero-order valence-corrected chi connectivity index (χ0v) is 16.5. The first-order valence-corrected chi connectivity index (χ1v) is 8.76. The summed E-state index contributed by atoms with van der Waals surface area (Å²) in [5.41, 5.74) is 0.112. The number of carboxylic acid groups (broad SMARTS) is 1. The summed E-state index contributed by atoms with van der Waals surface area (Å²) < 4.78 is 0. The first kappa shape index (κ1) is 21.5. The largest absolute Gasteiger partial charge is 0.481 e. The minimum atomic E-state index is -0.840. The highest BCUT2D eigenvalue weighted by molar-refractivity contribution is 5.93. The fourth-order valence-electron chi connectivity index (χ4n) is 3.65. The van der Waals surface area contributed by atoms with Crippen LogP contribution in [-0.2, 0) is 10.2 Å². The number of fused-ring (bicyclic) bond motifs is 1. The third-order valence-corrected chi connectivity index (χ3v) is 5.06. The van der Waals surface area contributed by atoms with Gasteiger partial charge in [-0.25, -0.2) is 0 Å². The monoisotopic (exact) mass is 363 g/mol. The average molecular weight is 364 g/mol. The summed E-state index contributed by atoms with van der Waals surface area (Å²) in [4.78, 5) is 14.6. The maximum atomic E-state index is 12.4. The molecular weight excluding hydrogens is 334 g/mol. The summed E-state index contributed by atoms with van der Waals surface area (Å²) in [6, 6.07) is 14.1. The van der Waals surface area contributed by atoms with Gasteiger partial charge in [-0.1, -0.05) is 62.7 Å². The van der Waals surface area contributed by atoms with Gasteiger partial charge in [-0.05, 0) is 55.7 Å². The number of aliphatic carboxylic acids is 1. The second kappa shape index (κ2) is 9.21. The Morgan fingerprint density at radius 2 is 1.72 bits per heavy atom. The molecule has 138 valence electrons. The Hall–Kier alpha value is -1.58. The lowest BCUT2D eigenvalue weighted by atomic mass is 9.67. The Morgan fingerprint density at radius 1 is 1.08 bits per heavy atom. The van der Waals surface area contributed by atoms with E-state index in [1.807, 2.05) is 44.2 Å². The third-order valence-electron chi connectivity index (χ3n) is 5.06. The SMILES string of the molecule is CC(C)C(CCCCN(C)C)(C(=O)O)c1cccc2ccccc12.Cl. The number of halogens is 1. The van der Waals surface area contributed by atoms with Crippen molar-refractivity contribution in [2.45, 2.75) is 38.5 Å². The van der Waals surface area contributed by atoms with Crippen LogP contribution >= 0.6 is 12.4 Å². The van der Waals surface area contributed by atoms with Crippen LogP contribution in [0.3, 0.4) is 0 Å². The van der Waals surface area contributed by atoms with Crippen molar-refractivity contribution < 1.29 is 9.90 Å². The van der Waals surface area contributed by atoms with Crippen LogP contribution in [0.15, 0.2) is 42.5 Å². The van der Waals surface area contributed by atoms with Crippen LogP contribution in [0.5, 0.6) is 0 Å². The van der Waals surface area contributed by atoms with E-state index in [9.17, 15) is 9.90 Å².